The van der Waals surface area contributed by atoms with E-state index >= 15 is 0 Å². The molecule has 0 heterocycles. The summed E-state index contributed by atoms with van der Waals surface area (Å²) >= 11 is 0. The summed E-state index contributed by atoms with van der Waals surface area (Å²) in [6, 6.07) is 8.29. The number of benzene rings is 1. The lowest BCUT2D eigenvalue weighted by atomic mass is 10.1. The van der Waals surface area contributed by atoms with E-state index in [1.165, 1.54) is 5.56 Å². The van der Waals surface area contributed by atoms with E-state index in [0.717, 1.165) is 18.7 Å². The molecule has 4 nitrogen and oxygen atoms in total. The molecule has 0 bridgehead atoms. The van der Waals surface area contributed by atoms with Crippen LogP contribution in [0.15, 0.2) is 24.3 Å². The highest BCUT2D eigenvalue weighted by molar-refractivity contribution is 5.75. The summed E-state index contributed by atoms with van der Waals surface area (Å²) in [5.41, 5.74) is 1.22. The molecular formula is C14H22N2O2. The first kappa shape index (κ1) is 14.5. The molecule has 0 aliphatic rings. The minimum atomic E-state index is 0.0916. The van der Waals surface area contributed by atoms with Crippen LogP contribution in [-0.2, 0) is 4.79 Å². The van der Waals surface area contributed by atoms with E-state index < -0.39 is 0 Å². The van der Waals surface area contributed by atoms with Crippen molar-refractivity contribution >= 4 is 5.91 Å². The summed E-state index contributed by atoms with van der Waals surface area (Å²) in [5, 5.41) is 6.01. The highest BCUT2D eigenvalue weighted by Crippen LogP contribution is 2.17. The Morgan fingerprint density at radius 1 is 1.33 bits per heavy atom. The quantitative estimate of drug-likeness (QED) is 0.726. The molecule has 0 aliphatic carbocycles. The summed E-state index contributed by atoms with van der Waals surface area (Å²) in [5.74, 6) is 0.958. The van der Waals surface area contributed by atoms with E-state index in [-0.39, 0.29) is 11.9 Å². The molecule has 18 heavy (non-hydrogen) atoms. The van der Waals surface area contributed by atoms with Crippen molar-refractivity contribution in [2.75, 3.05) is 20.7 Å². The predicted molar refractivity (Wildman–Crippen MR) is 72.7 cm³/mol. The maximum atomic E-state index is 11.0. The molecule has 0 radical (unpaired) electrons. The van der Waals surface area contributed by atoms with Gasteiger partial charge < -0.3 is 15.4 Å². The molecule has 0 saturated heterocycles. The molecule has 100 valence electrons. The zero-order chi connectivity index (χ0) is 13.4. The molecule has 1 aromatic carbocycles. The van der Waals surface area contributed by atoms with Gasteiger partial charge >= 0.3 is 0 Å². The molecule has 0 aliphatic heterocycles. The Labute approximate surface area is 109 Å². The van der Waals surface area contributed by atoms with Gasteiger partial charge in [-0.05, 0) is 37.6 Å². The van der Waals surface area contributed by atoms with Crippen molar-refractivity contribution in [2.24, 2.45) is 0 Å². The monoisotopic (exact) mass is 250 g/mol. The van der Waals surface area contributed by atoms with Crippen LogP contribution < -0.4 is 15.4 Å². The van der Waals surface area contributed by atoms with Crippen LogP contribution in [0.3, 0.4) is 0 Å². The van der Waals surface area contributed by atoms with E-state index in [2.05, 4.69) is 29.7 Å². The standard InChI is InChI=1S/C14H22N2O2/c1-11(16-10-4-5-14(17)15-2)12-6-8-13(18-3)9-7-12/h6-9,11,16H,4-5,10H2,1-3H3,(H,15,17)/t11-/m1/s1. The first-order chi connectivity index (χ1) is 8.67. The van der Waals surface area contributed by atoms with Gasteiger partial charge in [-0.1, -0.05) is 12.1 Å². The van der Waals surface area contributed by atoms with Crippen LogP contribution in [0.4, 0.5) is 0 Å². The Morgan fingerprint density at radius 3 is 2.56 bits per heavy atom. The lowest BCUT2D eigenvalue weighted by Gasteiger charge is -2.14. The molecule has 0 unspecified atom stereocenters. The first-order valence-corrected chi connectivity index (χ1v) is 6.25. The SMILES string of the molecule is CNC(=O)CCCN[C@H](C)c1ccc(OC)cc1. The molecule has 0 fully saturated rings. The lowest BCUT2D eigenvalue weighted by Crippen LogP contribution is -2.23. The van der Waals surface area contributed by atoms with Gasteiger partial charge in [-0.15, -0.1) is 0 Å². The van der Waals surface area contributed by atoms with E-state index in [0.29, 0.717) is 6.42 Å². The summed E-state index contributed by atoms with van der Waals surface area (Å²) in [6.45, 7) is 2.95. The largest absolute Gasteiger partial charge is 0.497 e. The molecule has 0 saturated carbocycles. The molecule has 0 aromatic heterocycles. The minimum Gasteiger partial charge on any atom is -0.497 e. The van der Waals surface area contributed by atoms with Crippen molar-refractivity contribution in [1.82, 2.24) is 10.6 Å². The van der Waals surface area contributed by atoms with Crippen LogP contribution in [0.2, 0.25) is 0 Å². The third-order valence-corrected chi connectivity index (χ3v) is 2.93. The second-order valence-electron chi connectivity index (χ2n) is 4.23. The third kappa shape index (κ3) is 4.75. The van der Waals surface area contributed by atoms with Crippen LogP contribution in [0.5, 0.6) is 5.75 Å². The van der Waals surface area contributed by atoms with Crippen molar-refractivity contribution in [1.29, 1.82) is 0 Å². The summed E-state index contributed by atoms with van der Waals surface area (Å²) < 4.78 is 5.12. The number of amides is 1. The van der Waals surface area contributed by atoms with Crippen LogP contribution in [0.1, 0.15) is 31.4 Å². The summed E-state index contributed by atoms with van der Waals surface area (Å²) in [7, 11) is 3.32. The molecule has 4 heteroatoms. The Morgan fingerprint density at radius 2 is 2.00 bits per heavy atom. The van der Waals surface area contributed by atoms with Crippen LogP contribution in [-0.4, -0.2) is 26.6 Å². The van der Waals surface area contributed by atoms with Gasteiger partial charge in [-0.25, -0.2) is 0 Å². The number of carbonyl (C=O) groups is 1. The van der Waals surface area contributed by atoms with Crippen LogP contribution >= 0.6 is 0 Å². The molecule has 1 amide bonds. The Bertz CT molecular complexity index is 363. The molecule has 1 rings (SSSR count). The molecule has 1 atom stereocenters. The van der Waals surface area contributed by atoms with Crippen LogP contribution in [0, 0.1) is 0 Å². The van der Waals surface area contributed by atoms with Crippen molar-refractivity contribution in [3.05, 3.63) is 29.8 Å². The second-order valence-corrected chi connectivity index (χ2v) is 4.23. The molecule has 1 aromatic rings. The van der Waals surface area contributed by atoms with E-state index in [1.807, 2.05) is 12.1 Å². The lowest BCUT2D eigenvalue weighted by molar-refractivity contribution is -0.120. The van der Waals surface area contributed by atoms with Gasteiger partial charge in [0, 0.05) is 19.5 Å². The van der Waals surface area contributed by atoms with Crippen molar-refractivity contribution in [3.63, 3.8) is 0 Å². The molecular weight excluding hydrogens is 228 g/mol. The van der Waals surface area contributed by atoms with Crippen molar-refractivity contribution in [2.45, 2.75) is 25.8 Å². The summed E-state index contributed by atoms with van der Waals surface area (Å²) in [6.07, 6.45) is 1.42. The maximum absolute atomic E-state index is 11.0. The van der Waals surface area contributed by atoms with Gasteiger partial charge in [0.25, 0.3) is 0 Å². The molecule has 0 spiro atoms. The smallest absolute Gasteiger partial charge is 0.219 e. The fourth-order valence-electron chi connectivity index (χ4n) is 1.70. The highest BCUT2D eigenvalue weighted by Gasteiger charge is 2.05. The fourth-order valence-corrected chi connectivity index (χ4v) is 1.70. The first-order valence-electron chi connectivity index (χ1n) is 6.25. The summed E-state index contributed by atoms with van der Waals surface area (Å²) in [4.78, 5) is 11.0. The average molecular weight is 250 g/mol. The number of hydrogen-bond acceptors (Lipinski definition) is 3. The zero-order valence-electron chi connectivity index (χ0n) is 11.3. The third-order valence-electron chi connectivity index (χ3n) is 2.93. The van der Waals surface area contributed by atoms with Gasteiger partial charge in [0.1, 0.15) is 5.75 Å². The Hall–Kier alpha value is -1.55. The Balaban J connectivity index is 2.31. The van der Waals surface area contributed by atoms with E-state index in [9.17, 15) is 4.79 Å². The minimum absolute atomic E-state index is 0.0916. The van der Waals surface area contributed by atoms with E-state index in [4.69, 9.17) is 4.74 Å². The average Bonchev–Trinajstić information content (AvgIpc) is 2.43. The number of ether oxygens (including phenoxy) is 1. The number of rotatable bonds is 7. The molecule has 2 N–H and O–H groups in total. The predicted octanol–water partition coefficient (Wildman–Crippen LogP) is 1.87. The maximum Gasteiger partial charge on any atom is 0.219 e. The number of nitrogens with one attached hydrogen (secondary N) is 2. The fraction of sp³-hybridized carbons (Fsp3) is 0.500. The normalized spacial score (nSPS) is 11.9. The van der Waals surface area contributed by atoms with Gasteiger partial charge in [0.2, 0.25) is 5.91 Å². The number of hydrogen-bond donors (Lipinski definition) is 2. The van der Waals surface area contributed by atoms with Crippen molar-refractivity contribution in [3.8, 4) is 5.75 Å². The van der Waals surface area contributed by atoms with Crippen LogP contribution in [0.25, 0.3) is 0 Å². The van der Waals surface area contributed by atoms with Crippen molar-refractivity contribution < 1.29 is 9.53 Å². The van der Waals surface area contributed by atoms with Gasteiger partial charge in [-0.3, -0.25) is 4.79 Å². The van der Waals surface area contributed by atoms with Gasteiger partial charge in [-0.2, -0.15) is 0 Å². The van der Waals surface area contributed by atoms with E-state index in [1.54, 1.807) is 14.2 Å². The second kappa shape index (κ2) is 7.71. The number of carbonyl (C=O) groups excluding carboxylic acids is 1. The van der Waals surface area contributed by atoms with Gasteiger partial charge in [0.05, 0.1) is 7.11 Å². The topological polar surface area (TPSA) is 50.4 Å². The highest BCUT2D eigenvalue weighted by atomic mass is 16.5. The Kier molecular flexibility index (Phi) is 6.22. The number of methoxy groups -OCH3 is 1. The zero-order valence-corrected chi connectivity index (χ0v) is 11.3. The van der Waals surface area contributed by atoms with Gasteiger partial charge in [0.15, 0.2) is 0 Å².